The van der Waals surface area contributed by atoms with Crippen molar-refractivity contribution >= 4 is 51.1 Å². The van der Waals surface area contributed by atoms with Gasteiger partial charge in [-0.15, -0.1) is 0 Å². The normalized spacial score (nSPS) is 16.4. The third-order valence-electron chi connectivity index (χ3n) is 10.5. The fourth-order valence-corrected chi connectivity index (χ4v) is 8.87. The average Bonchev–Trinajstić information content (AvgIpc) is 3.31. The molecule has 0 unspecified atom stereocenters. The number of benzene rings is 3. The Morgan fingerprint density at radius 1 is 0.939 bits per heavy atom. The molecule has 1 aliphatic rings. The molecule has 3 aromatic carbocycles. The van der Waals surface area contributed by atoms with Crippen molar-refractivity contribution in [1.82, 2.24) is 36.1 Å². The lowest BCUT2D eigenvalue weighted by molar-refractivity contribution is -0.141. The van der Waals surface area contributed by atoms with Crippen LogP contribution >= 0.6 is 21.6 Å². The molecule has 1 aliphatic heterocycles. The van der Waals surface area contributed by atoms with Crippen LogP contribution in [0.2, 0.25) is 0 Å². The fourth-order valence-electron chi connectivity index (χ4n) is 7.14. The van der Waals surface area contributed by atoms with Gasteiger partial charge in [0.1, 0.15) is 55.4 Å². The van der Waals surface area contributed by atoms with Gasteiger partial charge in [0.2, 0.25) is 23.6 Å². The van der Waals surface area contributed by atoms with E-state index in [9.17, 15) is 24.0 Å². The number of nitrogens with two attached hydrogens (primary N) is 3. The van der Waals surface area contributed by atoms with Crippen molar-refractivity contribution in [2.45, 2.75) is 63.5 Å². The second kappa shape index (κ2) is 24.9. The van der Waals surface area contributed by atoms with Crippen LogP contribution < -0.4 is 47.9 Å². The Balaban J connectivity index is 1.53. The summed E-state index contributed by atoms with van der Waals surface area (Å²) in [6.07, 6.45) is 1.42. The van der Waals surface area contributed by atoms with Gasteiger partial charge in [-0.3, -0.25) is 24.0 Å². The maximum Gasteiger partial charge on any atom is 0.255 e. The summed E-state index contributed by atoms with van der Waals surface area (Å²) in [6, 6.07) is 14.9. The highest BCUT2D eigenvalue weighted by atomic mass is 33.1. The Morgan fingerprint density at radius 2 is 1.62 bits per heavy atom. The van der Waals surface area contributed by atoms with Crippen molar-refractivity contribution in [3.05, 3.63) is 94.8 Å². The van der Waals surface area contributed by atoms with E-state index in [0.717, 1.165) is 22.6 Å². The van der Waals surface area contributed by atoms with Crippen LogP contribution in [-0.4, -0.2) is 115 Å². The zero-order valence-electron chi connectivity index (χ0n) is 37.4. The Labute approximate surface area is 392 Å². The number of carbonyl (C=O) groups excluding carboxylic acids is 5. The summed E-state index contributed by atoms with van der Waals surface area (Å²) in [7, 11) is 4.99. The first-order valence-corrected chi connectivity index (χ1v) is 24.0. The summed E-state index contributed by atoms with van der Waals surface area (Å²) in [5.74, 6) is -0.268. The fraction of sp³-hybridized carbons (Fsp3) is 0.391. The van der Waals surface area contributed by atoms with Crippen molar-refractivity contribution in [2.24, 2.45) is 17.2 Å². The number of likely N-dealkylation sites (N-methyl/N-ethyl adjacent to an activating group) is 1. The molecule has 0 radical (unpaired) electrons. The third-order valence-corrected chi connectivity index (χ3v) is 12.9. The first-order valence-electron chi connectivity index (χ1n) is 21.5. The van der Waals surface area contributed by atoms with Gasteiger partial charge in [0.25, 0.3) is 5.91 Å². The van der Waals surface area contributed by atoms with Crippen LogP contribution in [0.3, 0.4) is 0 Å². The predicted molar refractivity (Wildman–Crippen MR) is 255 cm³/mol. The third kappa shape index (κ3) is 13.2. The van der Waals surface area contributed by atoms with Crippen LogP contribution in [0, 0.1) is 18.3 Å². The van der Waals surface area contributed by atoms with Crippen LogP contribution in [-0.2, 0) is 31.4 Å². The van der Waals surface area contributed by atoms with Crippen LogP contribution in [0.25, 0.3) is 22.5 Å². The molecule has 350 valence electrons. The first-order chi connectivity index (χ1) is 31.8. The number of hydrogen-bond donors (Lipinski definition) is 7. The second-order valence-electron chi connectivity index (χ2n) is 15.2. The number of ether oxygens (including phenoxy) is 2. The van der Waals surface area contributed by atoms with Gasteiger partial charge in [0.05, 0.1) is 17.3 Å². The number of nitriles is 1. The van der Waals surface area contributed by atoms with E-state index < -0.39 is 53.7 Å². The van der Waals surface area contributed by atoms with Gasteiger partial charge < -0.3 is 52.8 Å². The molecular weight excluding hydrogens is 883 g/mol. The van der Waals surface area contributed by atoms with Crippen LogP contribution in [0.4, 0.5) is 0 Å². The summed E-state index contributed by atoms with van der Waals surface area (Å²) in [6.45, 7) is 5.60. The number of aromatic nitrogens is 2. The summed E-state index contributed by atoms with van der Waals surface area (Å²) in [4.78, 5) is 80.4. The number of amides is 5. The molecule has 5 rings (SSSR count). The summed E-state index contributed by atoms with van der Waals surface area (Å²) >= 11 is 0. The number of carbonyl (C=O) groups is 5. The Morgan fingerprint density at radius 3 is 2.26 bits per heavy atom. The summed E-state index contributed by atoms with van der Waals surface area (Å²) in [5.41, 5.74) is 22.0. The molecule has 0 aliphatic carbocycles. The predicted octanol–water partition coefficient (Wildman–Crippen LogP) is 2.53. The van der Waals surface area contributed by atoms with Crippen molar-refractivity contribution in [3.63, 3.8) is 0 Å². The Kier molecular flexibility index (Phi) is 19.1. The number of rotatable bonds is 19. The number of nitrogens with one attached hydrogen (secondary N) is 4. The molecule has 5 amide bonds. The zero-order valence-corrected chi connectivity index (χ0v) is 39.1. The molecule has 4 aromatic rings. The van der Waals surface area contributed by atoms with Crippen molar-refractivity contribution in [3.8, 4) is 40.1 Å². The largest absolute Gasteiger partial charge is 0.492 e. The molecule has 0 saturated heterocycles. The van der Waals surface area contributed by atoms with Gasteiger partial charge in [0, 0.05) is 61.0 Å². The van der Waals surface area contributed by atoms with E-state index in [2.05, 4.69) is 38.2 Å². The highest BCUT2D eigenvalue weighted by Gasteiger charge is 2.36. The SMILES string of the molecule is CCSSCc1ccc(-c2ncc(C(=O)N[C@@H](CCN)C(=O)N(C)[C@@H]3C(=O)N[C@@H](C)C(=O)N[C@H](C(=O)NCC#N)Cc4ccc(OCCN)c(c4)-c4cc3ccc4OCCN)c(C)n2)cc1. The first kappa shape index (κ1) is 50.8. The minimum atomic E-state index is -1.40. The average molecular weight is 940 g/mol. The quantitative estimate of drug-likeness (QED) is 0.0404. The highest BCUT2D eigenvalue weighted by Crippen LogP contribution is 2.40. The van der Waals surface area contributed by atoms with Gasteiger partial charge in [0.15, 0.2) is 5.82 Å². The monoisotopic (exact) mass is 939 g/mol. The van der Waals surface area contributed by atoms with E-state index in [1.54, 1.807) is 64.9 Å². The number of nitrogens with zero attached hydrogens (tertiary/aromatic N) is 4. The molecule has 66 heavy (non-hydrogen) atoms. The lowest BCUT2D eigenvalue weighted by atomic mass is 9.93. The molecule has 4 atom stereocenters. The molecule has 0 spiro atoms. The molecule has 0 fully saturated rings. The van der Waals surface area contributed by atoms with Gasteiger partial charge in [-0.1, -0.05) is 64.9 Å². The number of aryl methyl sites for hydroxylation is 1. The topological polar surface area (TPSA) is 283 Å². The van der Waals surface area contributed by atoms with E-state index in [-0.39, 0.29) is 57.8 Å². The zero-order chi connectivity index (χ0) is 47.8. The maximum atomic E-state index is 14.6. The van der Waals surface area contributed by atoms with Crippen LogP contribution in [0.1, 0.15) is 59.1 Å². The highest BCUT2D eigenvalue weighted by molar-refractivity contribution is 8.76. The number of fused-ring (bicyclic) bond motifs is 5. The van der Waals surface area contributed by atoms with Gasteiger partial charge in [-0.05, 0) is 67.8 Å². The van der Waals surface area contributed by atoms with E-state index in [4.69, 9.17) is 31.9 Å². The van der Waals surface area contributed by atoms with Gasteiger partial charge >= 0.3 is 0 Å². The summed E-state index contributed by atoms with van der Waals surface area (Å²) in [5, 5.41) is 19.9. The van der Waals surface area contributed by atoms with E-state index in [1.165, 1.54) is 25.1 Å². The molecule has 0 saturated carbocycles. The van der Waals surface area contributed by atoms with Crippen molar-refractivity contribution in [2.75, 3.05) is 52.2 Å². The molecular formula is C46H57N11O7S2. The van der Waals surface area contributed by atoms with E-state index in [0.29, 0.717) is 45.3 Å². The van der Waals surface area contributed by atoms with E-state index in [1.807, 2.05) is 30.3 Å². The van der Waals surface area contributed by atoms with Crippen molar-refractivity contribution in [1.29, 1.82) is 5.26 Å². The minimum Gasteiger partial charge on any atom is -0.492 e. The molecule has 1 aromatic heterocycles. The minimum absolute atomic E-state index is 0.000996. The Bertz CT molecular complexity index is 2400. The lowest BCUT2D eigenvalue weighted by Gasteiger charge is -2.32. The molecule has 18 nitrogen and oxygen atoms in total. The van der Waals surface area contributed by atoms with Gasteiger partial charge in [-0.25, -0.2) is 9.97 Å². The molecule has 4 bridgehead atoms. The van der Waals surface area contributed by atoms with Gasteiger partial charge in [-0.2, -0.15) is 5.26 Å². The second-order valence-corrected chi connectivity index (χ2v) is 18.0. The smallest absolute Gasteiger partial charge is 0.255 e. The lowest BCUT2D eigenvalue weighted by Crippen LogP contribution is -2.56. The van der Waals surface area contributed by atoms with E-state index >= 15 is 0 Å². The van der Waals surface area contributed by atoms with Crippen molar-refractivity contribution < 1.29 is 33.4 Å². The summed E-state index contributed by atoms with van der Waals surface area (Å²) < 4.78 is 12.2. The molecule has 10 N–H and O–H groups in total. The standard InChI is InChI=1S/C46H57N11O7S2/c1-5-65-66-26-29-6-9-31(10-7-29)41-52-25-35(27(2)53-41)43(59)55-36(14-15-47)46(62)57(4)40-32-11-13-39(64-21-18-50)34(24-32)33-22-30(8-12-38(33)63-20-17-49)23-37(44(60)51-19-16-48)56-42(58)28(3)54-45(40)61/h6-13,22,24-25,28,36-37,40H,5,14-15,17-21,23,26,47,49-50H2,1-4H3,(H,51,60)(H,54,61)(H,55,59)(H,56,58)/t28-,36-,37-,40-/m0/s1. The van der Waals surface area contributed by atoms with Crippen LogP contribution in [0.5, 0.6) is 11.5 Å². The Hall–Kier alpha value is -6.24. The molecule has 2 heterocycles. The maximum absolute atomic E-state index is 14.6. The van der Waals surface area contributed by atoms with Crippen LogP contribution in [0.15, 0.2) is 66.9 Å². The number of hydrogen-bond acceptors (Lipinski definition) is 15. The molecule has 20 heteroatoms.